The monoisotopic (exact) mass is 536 g/mol. The van der Waals surface area contributed by atoms with Gasteiger partial charge in [-0.2, -0.15) is 0 Å². The van der Waals surface area contributed by atoms with Crippen molar-refractivity contribution in [2.75, 3.05) is 78.5 Å². The molecule has 16 nitrogen and oxygen atoms in total. The van der Waals surface area contributed by atoms with Crippen molar-refractivity contribution in [2.45, 2.75) is 30.5 Å². The minimum atomic E-state index is -1.83. The maximum atomic E-state index is 11.4. The van der Waals surface area contributed by atoms with Crippen LogP contribution in [0.1, 0.15) is 0 Å². The molecule has 2 rings (SSSR count). The zero-order valence-electron chi connectivity index (χ0n) is 20.3. The lowest BCUT2D eigenvalue weighted by Crippen LogP contribution is -2.62. The molecule has 5 atom stereocenters. The Morgan fingerprint density at radius 1 is 0.568 bits per heavy atom. The molecule has 0 aromatic heterocycles. The molecular formula is C21H36N4O12. The van der Waals surface area contributed by atoms with Crippen LogP contribution in [0.4, 0.5) is 0 Å². The Morgan fingerprint density at radius 2 is 0.919 bits per heavy atom. The van der Waals surface area contributed by atoms with E-state index in [0.717, 1.165) is 0 Å². The standard InChI is InChI=1S/C21H36N4O12/c26-14(27)10-23-3-1-22(9-13-17(32)18(33)19(34)20(37-13)21(35)36)2-4-24(11-15(28)29)6-8-25(7-5-23)12-16(30)31/h13,17-20,32-34H,1-12H2,(H,26,27)(H,28,29)(H,30,31)(H,35,36)/t13-,17?,18-,19+,20?/m1/s1. The van der Waals surface area contributed by atoms with Crippen LogP contribution >= 0.6 is 0 Å². The molecule has 0 aliphatic carbocycles. The Balaban J connectivity index is 2.21. The van der Waals surface area contributed by atoms with Gasteiger partial charge in [-0.15, -0.1) is 0 Å². The van der Waals surface area contributed by atoms with E-state index in [1.54, 1.807) is 19.6 Å². The number of aliphatic hydroxyl groups is 3. The zero-order chi connectivity index (χ0) is 27.7. The van der Waals surface area contributed by atoms with E-state index in [1.807, 2.05) is 0 Å². The Hall–Kier alpha value is -2.44. The molecule has 0 bridgehead atoms. The summed E-state index contributed by atoms with van der Waals surface area (Å²) in [4.78, 5) is 52.0. The van der Waals surface area contributed by atoms with Crippen molar-refractivity contribution in [3.63, 3.8) is 0 Å². The number of hydrogen-bond donors (Lipinski definition) is 7. The van der Waals surface area contributed by atoms with E-state index in [9.17, 15) is 54.9 Å². The maximum Gasteiger partial charge on any atom is 0.335 e. The largest absolute Gasteiger partial charge is 0.480 e. The molecule has 212 valence electrons. The second kappa shape index (κ2) is 14.5. The number of ether oxygens (including phenoxy) is 1. The van der Waals surface area contributed by atoms with Gasteiger partial charge in [-0.05, 0) is 0 Å². The summed E-state index contributed by atoms with van der Waals surface area (Å²) >= 11 is 0. The van der Waals surface area contributed by atoms with Gasteiger partial charge in [0, 0.05) is 58.9 Å². The number of aliphatic hydroxyl groups excluding tert-OH is 3. The van der Waals surface area contributed by atoms with Crippen molar-refractivity contribution in [3.8, 4) is 0 Å². The van der Waals surface area contributed by atoms with E-state index in [1.165, 1.54) is 0 Å². The molecule has 2 saturated heterocycles. The number of aliphatic carboxylic acids is 4. The molecule has 7 N–H and O–H groups in total. The molecule has 37 heavy (non-hydrogen) atoms. The highest BCUT2D eigenvalue weighted by Crippen LogP contribution is 2.22. The molecule has 2 aliphatic heterocycles. The SMILES string of the molecule is O=C(O)CN1CCN(CC(=O)O)CCN(C[C@H]2OC(C(=O)O)[C@@H](O)[C@H](O)C2O)CCN(CC(=O)O)CC1. The normalized spacial score (nSPS) is 30.2. The Kier molecular flexibility index (Phi) is 12.1. The fourth-order valence-electron chi connectivity index (χ4n) is 4.37. The minimum Gasteiger partial charge on any atom is -0.480 e. The fourth-order valence-corrected chi connectivity index (χ4v) is 4.37. The third kappa shape index (κ3) is 10.1. The van der Waals surface area contributed by atoms with E-state index in [2.05, 4.69) is 0 Å². The van der Waals surface area contributed by atoms with Crippen molar-refractivity contribution in [1.29, 1.82) is 0 Å². The van der Waals surface area contributed by atoms with Crippen molar-refractivity contribution < 1.29 is 59.7 Å². The van der Waals surface area contributed by atoms with E-state index >= 15 is 0 Å². The van der Waals surface area contributed by atoms with Crippen molar-refractivity contribution in [2.24, 2.45) is 0 Å². The molecule has 0 saturated carbocycles. The maximum absolute atomic E-state index is 11.4. The van der Waals surface area contributed by atoms with Crippen LogP contribution in [0.25, 0.3) is 0 Å². The van der Waals surface area contributed by atoms with Gasteiger partial charge in [-0.25, -0.2) is 4.79 Å². The molecule has 16 heteroatoms. The van der Waals surface area contributed by atoms with Gasteiger partial charge in [0.15, 0.2) is 6.10 Å². The number of rotatable bonds is 9. The topological polar surface area (TPSA) is 232 Å². The van der Waals surface area contributed by atoms with Crippen molar-refractivity contribution in [3.05, 3.63) is 0 Å². The Labute approximate surface area is 212 Å². The summed E-state index contributed by atoms with van der Waals surface area (Å²) in [6, 6.07) is 0. The average molecular weight is 537 g/mol. The first-order valence-corrected chi connectivity index (χ1v) is 11.8. The molecule has 0 aromatic rings. The molecular weight excluding hydrogens is 500 g/mol. The van der Waals surface area contributed by atoms with E-state index in [4.69, 9.17) is 4.74 Å². The summed E-state index contributed by atoms with van der Waals surface area (Å²) in [6.45, 7) is 0.776. The average Bonchev–Trinajstić information content (AvgIpc) is 2.79. The molecule has 2 heterocycles. The lowest BCUT2D eigenvalue weighted by molar-refractivity contribution is -0.230. The van der Waals surface area contributed by atoms with Crippen LogP contribution in [0, 0.1) is 0 Å². The van der Waals surface area contributed by atoms with Gasteiger partial charge in [0.1, 0.15) is 18.3 Å². The predicted octanol–water partition coefficient (Wildman–Crippen LogP) is -4.60. The molecule has 2 aliphatic rings. The number of carboxylic acid groups (broad SMARTS) is 4. The minimum absolute atomic E-state index is 0.0817. The van der Waals surface area contributed by atoms with Crippen LogP contribution in [0.3, 0.4) is 0 Å². The quantitative estimate of drug-likeness (QED) is 0.147. The number of carboxylic acids is 4. The van der Waals surface area contributed by atoms with Crippen LogP contribution in [-0.2, 0) is 23.9 Å². The summed E-state index contributed by atoms with van der Waals surface area (Å²) < 4.78 is 5.37. The lowest BCUT2D eigenvalue weighted by atomic mass is 9.94. The van der Waals surface area contributed by atoms with E-state index in [0.29, 0.717) is 0 Å². The summed E-state index contributed by atoms with van der Waals surface area (Å²) in [5.41, 5.74) is 0. The lowest BCUT2D eigenvalue weighted by Gasteiger charge is -2.41. The molecule has 0 spiro atoms. The number of nitrogens with zero attached hydrogens (tertiary/aromatic N) is 4. The molecule has 2 fully saturated rings. The van der Waals surface area contributed by atoms with E-state index in [-0.39, 0.29) is 78.5 Å². The highest BCUT2D eigenvalue weighted by molar-refractivity contribution is 5.73. The van der Waals surface area contributed by atoms with E-state index < -0.39 is 54.4 Å². The summed E-state index contributed by atoms with van der Waals surface area (Å²) in [7, 11) is 0. The first kappa shape index (κ1) is 30.8. The molecule has 0 aromatic carbocycles. The molecule has 0 radical (unpaired) electrons. The smallest absolute Gasteiger partial charge is 0.335 e. The van der Waals surface area contributed by atoms with Crippen LogP contribution in [0.2, 0.25) is 0 Å². The Morgan fingerprint density at radius 3 is 1.24 bits per heavy atom. The van der Waals surface area contributed by atoms with Crippen LogP contribution in [-0.4, -0.2) is 188 Å². The Bertz CT molecular complexity index is 769. The second-order valence-corrected chi connectivity index (χ2v) is 9.22. The third-order valence-electron chi connectivity index (χ3n) is 6.40. The van der Waals surface area contributed by atoms with Gasteiger partial charge in [0.2, 0.25) is 0 Å². The summed E-state index contributed by atoms with van der Waals surface area (Å²) in [6.07, 6.45) is -8.15. The van der Waals surface area contributed by atoms with Crippen LogP contribution in [0.5, 0.6) is 0 Å². The van der Waals surface area contributed by atoms with Gasteiger partial charge < -0.3 is 40.5 Å². The molecule has 2 unspecified atom stereocenters. The highest BCUT2D eigenvalue weighted by atomic mass is 16.6. The zero-order valence-corrected chi connectivity index (χ0v) is 20.3. The fraction of sp³-hybridized carbons (Fsp3) is 0.810. The first-order valence-electron chi connectivity index (χ1n) is 11.8. The van der Waals surface area contributed by atoms with Gasteiger partial charge >= 0.3 is 23.9 Å². The van der Waals surface area contributed by atoms with Crippen LogP contribution in [0.15, 0.2) is 0 Å². The highest BCUT2D eigenvalue weighted by Gasteiger charge is 2.47. The van der Waals surface area contributed by atoms with Gasteiger partial charge in [0.05, 0.1) is 25.7 Å². The summed E-state index contributed by atoms with van der Waals surface area (Å²) in [5, 5.41) is 67.6. The van der Waals surface area contributed by atoms with Gasteiger partial charge in [-0.1, -0.05) is 0 Å². The molecule has 0 amide bonds. The van der Waals surface area contributed by atoms with Crippen molar-refractivity contribution >= 4 is 23.9 Å². The third-order valence-corrected chi connectivity index (χ3v) is 6.40. The first-order chi connectivity index (χ1) is 17.4. The van der Waals surface area contributed by atoms with Gasteiger partial charge in [-0.3, -0.25) is 34.0 Å². The second-order valence-electron chi connectivity index (χ2n) is 9.22. The van der Waals surface area contributed by atoms with Gasteiger partial charge in [0.25, 0.3) is 0 Å². The number of hydrogen-bond acceptors (Lipinski definition) is 12. The van der Waals surface area contributed by atoms with Crippen molar-refractivity contribution in [1.82, 2.24) is 19.6 Å². The number of carbonyl (C=O) groups is 4. The predicted molar refractivity (Wildman–Crippen MR) is 123 cm³/mol. The van der Waals surface area contributed by atoms with Crippen LogP contribution < -0.4 is 0 Å². The summed E-state index contributed by atoms with van der Waals surface area (Å²) in [5.74, 6) is -4.74.